The lowest BCUT2D eigenvalue weighted by atomic mass is 9.86. The minimum atomic E-state index is -3.11. The van der Waals surface area contributed by atoms with E-state index in [0.717, 1.165) is 70.5 Å². The zero-order valence-corrected chi connectivity index (χ0v) is 22.4. The largest absolute Gasteiger partial charge is 0.337 e. The molecule has 2 heterocycles. The molecule has 1 amide bonds. The van der Waals surface area contributed by atoms with Gasteiger partial charge >= 0.3 is 0 Å². The third kappa shape index (κ3) is 6.57. The summed E-state index contributed by atoms with van der Waals surface area (Å²) in [5.74, 6) is -0.00789. The average Bonchev–Trinajstić information content (AvgIpc) is 2.88. The molecule has 2 aromatic carbocycles. The quantitative estimate of drug-likeness (QED) is 0.551. The van der Waals surface area contributed by atoms with Crippen LogP contribution in [0, 0.1) is 5.82 Å². The van der Waals surface area contributed by atoms with Gasteiger partial charge in [-0.15, -0.1) is 0 Å². The van der Waals surface area contributed by atoms with Crippen LogP contribution in [0.5, 0.6) is 0 Å². The van der Waals surface area contributed by atoms with Crippen molar-refractivity contribution in [2.75, 3.05) is 58.6 Å². The van der Waals surface area contributed by atoms with E-state index in [9.17, 15) is 17.6 Å². The SMILES string of the molecule is CS(=O)(=O)N1CCN(Cc2ccc3c(c2)CC[C@H](N2CCN(CCc4ccc(F)cc4)CC2=O)C3)CC1. The molecule has 2 fully saturated rings. The van der Waals surface area contributed by atoms with Crippen LogP contribution in [0.15, 0.2) is 42.5 Å². The molecule has 2 saturated heterocycles. The summed E-state index contributed by atoms with van der Waals surface area (Å²) in [5, 5.41) is 0. The minimum absolute atomic E-state index is 0.212. The first-order valence-corrected chi connectivity index (χ1v) is 15.1. The van der Waals surface area contributed by atoms with Crippen LogP contribution in [-0.4, -0.2) is 98.0 Å². The molecule has 0 radical (unpaired) electrons. The molecule has 0 spiro atoms. The fourth-order valence-corrected chi connectivity index (χ4v) is 6.71. The van der Waals surface area contributed by atoms with Crippen molar-refractivity contribution in [1.29, 1.82) is 0 Å². The number of aryl methyl sites for hydroxylation is 1. The van der Waals surface area contributed by atoms with Crippen LogP contribution in [0.2, 0.25) is 0 Å². The van der Waals surface area contributed by atoms with E-state index < -0.39 is 10.0 Å². The Kier molecular flexibility index (Phi) is 7.95. The number of fused-ring (bicyclic) bond motifs is 1. The van der Waals surface area contributed by atoms with Gasteiger partial charge in [-0.3, -0.25) is 14.6 Å². The van der Waals surface area contributed by atoms with E-state index in [0.29, 0.717) is 19.6 Å². The summed E-state index contributed by atoms with van der Waals surface area (Å²) in [7, 11) is -3.11. The maximum Gasteiger partial charge on any atom is 0.237 e. The highest BCUT2D eigenvalue weighted by atomic mass is 32.2. The molecule has 0 unspecified atom stereocenters. The van der Waals surface area contributed by atoms with Crippen molar-refractivity contribution in [3.63, 3.8) is 0 Å². The number of hydrogen-bond donors (Lipinski definition) is 0. The van der Waals surface area contributed by atoms with Crippen LogP contribution in [0.4, 0.5) is 4.39 Å². The first-order valence-electron chi connectivity index (χ1n) is 13.3. The predicted octanol–water partition coefficient (Wildman–Crippen LogP) is 2.15. The standard InChI is InChI=1S/C28H37FN4O3S/c1-37(35,36)32-15-12-31(13-16-32)20-23-2-5-25-19-27(9-6-24(25)18-23)33-17-14-30(21-28(33)34)11-10-22-3-7-26(29)8-4-22/h2-5,7-8,18,27H,6,9-17,19-21H2,1H3/t27-/m0/s1. The zero-order chi connectivity index (χ0) is 26.0. The lowest BCUT2D eigenvalue weighted by molar-refractivity contribution is -0.138. The Bertz CT molecular complexity index is 1210. The van der Waals surface area contributed by atoms with Crippen molar-refractivity contribution in [1.82, 2.24) is 19.0 Å². The van der Waals surface area contributed by atoms with Gasteiger partial charge in [0.25, 0.3) is 0 Å². The molecule has 0 N–H and O–H groups in total. The average molecular weight is 529 g/mol. The fraction of sp³-hybridized carbons (Fsp3) is 0.536. The van der Waals surface area contributed by atoms with Gasteiger partial charge in [0.05, 0.1) is 12.8 Å². The second-order valence-corrected chi connectivity index (χ2v) is 12.7. The van der Waals surface area contributed by atoms with Gasteiger partial charge < -0.3 is 4.90 Å². The number of carbonyl (C=O) groups is 1. The van der Waals surface area contributed by atoms with Gasteiger partial charge in [-0.1, -0.05) is 30.3 Å². The number of nitrogens with zero attached hydrogens (tertiary/aromatic N) is 4. The second-order valence-electron chi connectivity index (χ2n) is 10.7. The van der Waals surface area contributed by atoms with Crippen molar-refractivity contribution in [2.45, 2.75) is 38.3 Å². The molecule has 2 aromatic rings. The summed E-state index contributed by atoms with van der Waals surface area (Å²) in [6, 6.07) is 13.6. The van der Waals surface area contributed by atoms with Gasteiger partial charge in [-0.2, -0.15) is 4.31 Å². The molecule has 9 heteroatoms. The van der Waals surface area contributed by atoms with Crippen LogP contribution in [0.1, 0.15) is 28.7 Å². The van der Waals surface area contributed by atoms with Gasteiger partial charge in [0.15, 0.2) is 0 Å². The number of amides is 1. The smallest absolute Gasteiger partial charge is 0.237 e. The number of piperazine rings is 2. The van der Waals surface area contributed by atoms with Gasteiger partial charge in [0.1, 0.15) is 5.82 Å². The molecule has 200 valence electrons. The van der Waals surface area contributed by atoms with Crippen molar-refractivity contribution < 1.29 is 17.6 Å². The number of benzene rings is 2. The lowest BCUT2D eigenvalue weighted by Crippen LogP contribution is -2.55. The maximum absolute atomic E-state index is 13.1. The molecule has 1 atom stereocenters. The summed E-state index contributed by atoms with van der Waals surface area (Å²) in [4.78, 5) is 19.6. The lowest BCUT2D eigenvalue weighted by Gasteiger charge is -2.41. The maximum atomic E-state index is 13.1. The number of hydrogen-bond acceptors (Lipinski definition) is 5. The van der Waals surface area contributed by atoms with Crippen molar-refractivity contribution in [2.24, 2.45) is 0 Å². The Morgan fingerprint density at radius 1 is 0.892 bits per heavy atom. The molecule has 7 nitrogen and oxygen atoms in total. The molecular weight excluding hydrogens is 491 g/mol. The highest BCUT2D eigenvalue weighted by Gasteiger charge is 2.32. The van der Waals surface area contributed by atoms with E-state index in [1.54, 1.807) is 4.31 Å². The topological polar surface area (TPSA) is 64.2 Å². The van der Waals surface area contributed by atoms with E-state index in [4.69, 9.17) is 0 Å². The van der Waals surface area contributed by atoms with Gasteiger partial charge in [-0.05, 0) is 60.1 Å². The second kappa shape index (κ2) is 11.2. The Labute approximate surface area is 219 Å². The van der Waals surface area contributed by atoms with Crippen LogP contribution in [0.3, 0.4) is 0 Å². The molecule has 1 aliphatic carbocycles. The first-order chi connectivity index (χ1) is 17.7. The Morgan fingerprint density at radius 2 is 1.59 bits per heavy atom. The Balaban J connectivity index is 1.11. The minimum Gasteiger partial charge on any atom is -0.337 e. The number of rotatable bonds is 7. The fourth-order valence-electron chi connectivity index (χ4n) is 5.88. The molecule has 2 aliphatic heterocycles. The van der Waals surface area contributed by atoms with Crippen LogP contribution >= 0.6 is 0 Å². The van der Waals surface area contributed by atoms with Crippen LogP contribution in [-0.2, 0) is 40.6 Å². The Hall–Kier alpha value is -2.33. The van der Waals surface area contributed by atoms with Crippen LogP contribution in [0.25, 0.3) is 0 Å². The summed E-state index contributed by atoms with van der Waals surface area (Å²) < 4.78 is 38.2. The molecule has 37 heavy (non-hydrogen) atoms. The van der Waals surface area contributed by atoms with E-state index in [2.05, 4.69) is 32.9 Å². The Morgan fingerprint density at radius 3 is 2.30 bits per heavy atom. The summed E-state index contributed by atoms with van der Waals surface area (Å²) in [5.41, 5.74) is 5.09. The summed E-state index contributed by atoms with van der Waals surface area (Å²) in [6.45, 7) is 6.36. The van der Waals surface area contributed by atoms with Crippen molar-refractivity contribution in [3.05, 3.63) is 70.5 Å². The normalized spacial score (nSPS) is 22.3. The molecular formula is C28H37FN4O3S. The highest BCUT2D eigenvalue weighted by molar-refractivity contribution is 7.88. The highest BCUT2D eigenvalue weighted by Crippen LogP contribution is 2.27. The van der Waals surface area contributed by atoms with Crippen LogP contribution < -0.4 is 0 Å². The summed E-state index contributed by atoms with van der Waals surface area (Å²) >= 11 is 0. The molecule has 0 saturated carbocycles. The number of carbonyl (C=O) groups excluding carboxylic acids is 1. The van der Waals surface area contributed by atoms with Crippen molar-refractivity contribution in [3.8, 4) is 0 Å². The van der Waals surface area contributed by atoms with E-state index in [1.807, 2.05) is 12.1 Å². The molecule has 0 aromatic heterocycles. The molecule has 0 bridgehead atoms. The predicted molar refractivity (Wildman–Crippen MR) is 142 cm³/mol. The van der Waals surface area contributed by atoms with Gasteiger partial charge in [0, 0.05) is 58.4 Å². The number of halogens is 1. The van der Waals surface area contributed by atoms with E-state index in [-0.39, 0.29) is 17.8 Å². The summed E-state index contributed by atoms with van der Waals surface area (Å²) in [6.07, 6.45) is 4.98. The van der Waals surface area contributed by atoms with Gasteiger partial charge in [-0.25, -0.2) is 12.8 Å². The van der Waals surface area contributed by atoms with Gasteiger partial charge in [0.2, 0.25) is 15.9 Å². The monoisotopic (exact) mass is 528 g/mol. The third-order valence-corrected chi connectivity index (χ3v) is 9.39. The number of sulfonamides is 1. The zero-order valence-electron chi connectivity index (χ0n) is 21.6. The molecule has 3 aliphatic rings. The van der Waals surface area contributed by atoms with Crippen molar-refractivity contribution >= 4 is 15.9 Å². The molecule has 5 rings (SSSR count). The van der Waals surface area contributed by atoms with E-state index >= 15 is 0 Å². The first kappa shape index (κ1) is 26.3. The van der Waals surface area contributed by atoms with E-state index in [1.165, 1.54) is 35.1 Å². The third-order valence-electron chi connectivity index (χ3n) is 8.09.